The molecule has 0 radical (unpaired) electrons. The van der Waals surface area contributed by atoms with Gasteiger partial charge in [0.1, 0.15) is 6.04 Å². The minimum atomic E-state index is -0.213. The van der Waals surface area contributed by atoms with Gasteiger partial charge in [-0.2, -0.15) is 0 Å². The minimum absolute atomic E-state index is 0.137. The van der Waals surface area contributed by atoms with E-state index < -0.39 is 0 Å². The average molecular weight is 292 g/mol. The number of carbonyl (C=O) groups is 1. The number of rotatable bonds is 8. The lowest BCUT2D eigenvalue weighted by molar-refractivity contribution is -0.151. The highest BCUT2D eigenvalue weighted by atomic mass is 16.5. The molecule has 21 heavy (non-hydrogen) atoms. The SMILES string of the molecule is CCCC(C(=O)OCC)N(Cc1ccccc1N)C(C)C. The van der Waals surface area contributed by atoms with Crippen LogP contribution in [0.5, 0.6) is 0 Å². The van der Waals surface area contributed by atoms with E-state index in [2.05, 4.69) is 25.7 Å². The minimum Gasteiger partial charge on any atom is -0.465 e. The second-order valence-corrected chi connectivity index (χ2v) is 5.52. The fourth-order valence-electron chi connectivity index (χ4n) is 2.46. The molecule has 4 heteroatoms. The Morgan fingerprint density at radius 2 is 1.95 bits per heavy atom. The van der Waals surface area contributed by atoms with Gasteiger partial charge in [0.2, 0.25) is 0 Å². The predicted molar refractivity (Wildman–Crippen MR) is 86.9 cm³/mol. The quantitative estimate of drug-likeness (QED) is 0.590. The Morgan fingerprint density at radius 3 is 2.48 bits per heavy atom. The van der Waals surface area contributed by atoms with E-state index in [-0.39, 0.29) is 18.1 Å². The highest BCUT2D eigenvalue weighted by Crippen LogP contribution is 2.20. The summed E-state index contributed by atoms with van der Waals surface area (Å²) in [5.74, 6) is -0.137. The molecule has 0 bridgehead atoms. The first kappa shape index (κ1) is 17.5. The van der Waals surface area contributed by atoms with E-state index in [4.69, 9.17) is 10.5 Å². The van der Waals surface area contributed by atoms with Gasteiger partial charge < -0.3 is 10.5 Å². The van der Waals surface area contributed by atoms with Gasteiger partial charge in [-0.15, -0.1) is 0 Å². The molecule has 1 unspecified atom stereocenters. The van der Waals surface area contributed by atoms with Crippen LogP contribution in [0.4, 0.5) is 5.69 Å². The van der Waals surface area contributed by atoms with E-state index in [0.29, 0.717) is 13.2 Å². The first-order chi connectivity index (χ1) is 10.0. The monoisotopic (exact) mass is 292 g/mol. The van der Waals surface area contributed by atoms with Crippen molar-refractivity contribution in [3.05, 3.63) is 29.8 Å². The van der Waals surface area contributed by atoms with E-state index in [1.165, 1.54) is 0 Å². The molecular formula is C17H28N2O2. The molecule has 118 valence electrons. The maximum Gasteiger partial charge on any atom is 0.323 e. The van der Waals surface area contributed by atoms with Crippen LogP contribution in [0.2, 0.25) is 0 Å². The normalized spacial score (nSPS) is 12.7. The Labute approximate surface area is 128 Å². The predicted octanol–water partition coefficient (Wildman–Crippen LogP) is 3.21. The van der Waals surface area contributed by atoms with Gasteiger partial charge in [-0.1, -0.05) is 31.5 Å². The van der Waals surface area contributed by atoms with Crippen molar-refractivity contribution in [2.75, 3.05) is 12.3 Å². The molecule has 0 aliphatic heterocycles. The molecular weight excluding hydrogens is 264 g/mol. The maximum atomic E-state index is 12.3. The number of carbonyl (C=O) groups excluding carboxylic acids is 1. The molecule has 0 aliphatic rings. The Kier molecular flexibility index (Phi) is 7.23. The van der Waals surface area contributed by atoms with Gasteiger partial charge in [-0.3, -0.25) is 9.69 Å². The molecule has 0 saturated carbocycles. The van der Waals surface area contributed by atoms with Crippen LogP contribution in [0.25, 0.3) is 0 Å². The zero-order valence-corrected chi connectivity index (χ0v) is 13.6. The molecule has 1 rings (SSSR count). The van der Waals surface area contributed by atoms with Gasteiger partial charge in [0.05, 0.1) is 6.61 Å². The summed E-state index contributed by atoms with van der Waals surface area (Å²) in [5, 5.41) is 0. The fourth-order valence-corrected chi connectivity index (χ4v) is 2.46. The standard InChI is InChI=1S/C17H28N2O2/c1-5-9-16(17(20)21-6-2)19(13(3)4)12-14-10-7-8-11-15(14)18/h7-8,10-11,13,16H,5-6,9,12,18H2,1-4H3. The van der Waals surface area contributed by atoms with E-state index >= 15 is 0 Å². The Hall–Kier alpha value is -1.55. The van der Waals surface area contributed by atoms with Gasteiger partial charge in [0.25, 0.3) is 0 Å². The number of nitrogen functional groups attached to an aromatic ring is 1. The lowest BCUT2D eigenvalue weighted by Crippen LogP contribution is -2.45. The maximum absolute atomic E-state index is 12.3. The summed E-state index contributed by atoms with van der Waals surface area (Å²) < 4.78 is 5.24. The van der Waals surface area contributed by atoms with Crippen molar-refractivity contribution in [2.45, 2.75) is 59.2 Å². The largest absolute Gasteiger partial charge is 0.465 e. The van der Waals surface area contributed by atoms with Crippen LogP contribution in [-0.4, -0.2) is 29.6 Å². The molecule has 4 nitrogen and oxygen atoms in total. The number of benzene rings is 1. The zero-order chi connectivity index (χ0) is 15.8. The Morgan fingerprint density at radius 1 is 1.29 bits per heavy atom. The van der Waals surface area contributed by atoms with Crippen molar-refractivity contribution in [1.29, 1.82) is 0 Å². The van der Waals surface area contributed by atoms with E-state index in [9.17, 15) is 4.79 Å². The van der Waals surface area contributed by atoms with E-state index in [1.54, 1.807) is 0 Å². The van der Waals surface area contributed by atoms with Crippen molar-refractivity contribution in [1.82, 2.24) is 4.90 Å². The number of anilines is 1. The van der Waals surface area contributed by atoms with Crippen LogP contribution in [-0.2, 0) is 16.1 Å². The topological polar surface area (TPSA) is 55.6 Å². The molecule has 0 amide bonds. The number of ether oxygens (including phenoxy) is 1. The van der Waals surface area contributed by atoms with Crippen LogP contribution in [0.15, 0.2) is 24.3 Å². The van der Waals surface area contributed by atoms with Crippen LogP contribution in [0, 0.1) is 0 Å². The summed E-state index contributed by atoms with van der Waals surface area (Å²) in [4.78, 5) is 14.4. The third-order valence-corrected chi connectivity index (χ3v) is 3.59. The molecule has 0 spiro atoms. The number of para-hydroxylation sites is 1. The number of esters is 1. The Bertz CT molecular complexity index is 446. The summed E-state index contributed by atoms with van der Waals surface area (Å²) >= 11 is 0. The molecule has 1 atom stereocenters. The summed E-state index contributed by atoms with van der Waals surface area (Å²) in [6, 6.07) is 7.84. The first-order valence-corrected chi connectivity index (χ1v) is 7.76. The number of hydrogen-bond donors (Lipinski definition) is 1. The van der Waals surface area contributed by atoms with Gasteiger partial charge in [0, 0.05) is 18.3 Å². The van der Waals surface area contributed by atoms with Gasteiger partial charge in [-0.05, 0) is 38.8 Å². The van der Waals surface area contributed by atoms with Crippen LogP contribution >= 0.6 is 0 Å². The summed E-state index contributed by atoms with van der Waals surface area (Å²) in [6.45, 7) is 9.20. The molecule has 1 aromatic rings. The summed E-state index contributed by atoms with van der Waals surface area (Å²) in [6.07, 6.45) is 1.74. The van der Waals surface area contributed by atoms with E-state index in [1.807, 2.05) is 31.2 Å². The molecule has 2 N–H and O–H groups in total. The van der Waals surface area contributed by atoms with Crippen molar-refractivity contribution in [3.63, 3.8) is 0 Å². The van der Waals surface area contributed by atoms with Crippen molar-refractivity contribution >= 4 is 11.7 Å². The molecule has 0 aromatic heterocycles. The van der Waals surface area contributed by atoms with Crippen molar-refractivity contribution < 1.29 is 9.53 Å². The third-order valence-electron chi connectivity index (χ3n) is 3.59. The highest BCUT2D eigenvalue weighted by molar-refractivity contribution is 5.75. The second-order valence-electron chi connectivity index (χ2n) is 5.52. The van der Waals surface area contributed by atoms with E-state index in [0.717, 1.165) is 24.1 Å². The third kappa shape index (κ3) is 5.05. The number of hydrogen-bond acceptors (Lipinski definition) is 4. The summed E-state index contributed by atoms with van der Waals surface area (Å²) in [7, 11) is 0. The van der Waals surface area contributed by atoms with Crippen LogP contribution < -0.4 is 5.73 Å². The molecule has 0 saturated heterocycles. The number of nitrogens with zero attached hydrogens (tertiary/aromatic N) is 1. The van der Waals surface area contributed by atoms with Gasteiger partial charge >= 0.3 is 5.97 Å². The Balaban J connectivity index is 2.96. The summed E-state index contributed by atoms with van der Waals surface area (Å²) in [5.41, 5.74) is 7.85. The molecule has 0 heterocycles. The molecule has 0 aliphatic carbocycles. The van der Waals surface area contributed by atoms with Gasteiger partial charge in [-0.25, -0.2) is 0 Å². The lowest BCUT2D eigenvalue weighted by atomic mass is 10.1. The average Bonchev–Trinajstić information content (AvgIpc) is 2.44. The van der Waals surface area contributed by atoms with Gasteiger partial charge in [0.15, 0.2) is 0 Å². The molecule has 0 fully saturated rings. The second kappa shape index (κ2) is 8.67. The van der Waals surface area contributed by atoms with Crippen LogP contribution in [0.1, 0.15) is 46.1 Å². The smallest absolute Gasteiger partial charge is 0.323 e. The van der Waals surface area contributed by atoms with Crippen molar-refractivity contribution in [2.24, 2.45) is 0 Å². The zero-order valence-electron chi connectivity index (χ0n) is 13.6. The first-order valence-electron chi connectivity index (χ1n) is 7.76. The van der Waals surface area contributed by atoms with Crippen molar-refractivity contribution in [3.8, 4) is 0 Å². The number of nitrogens with two attached hydrogens (primary N) is 1. The van der Waals surface area contributed by atoms with Crippen LogP contribution in [0.3, 0.4) is 0 Å². The highest BCUT2D eigenvalue weighted by Gasteiger charge is 2.28. The molecule has 1 aromatic carbocycles. The lowest BCUT2D eigenvalue weighted by Gasteiger charge is -2.33. The fraction of sp³-hybridized carbons (Fsp3) is 0.588.